The van der Waals surface area contributed by atoms with Gasteiger partial charge in [0.25, 0.3) is 10.0 Å². The fraction of sp³-hybridized carbons (Fsp3) is 0.235. The highest BCUT2D eigenvalue weighted by Crippen LogP contribution is 2.26. The Kier molecular flexibility index (Phi) is 10.9. The molecule has 0 aromatic heterocycles. The van der Waals surface area contributed by atoms with Crippen LogP contribution in [0.4, 0.5) is 5.69 Å². The number of anilines is 1. The average Bonchev–Trinajstić information content (AvgIpc) is 2.99. The number of carbonyl (C=O) groups is 2. The van der Waals surface area contributed by atoms with Gasteiger partial charge in [0, 0.05) is 28.0 Å². The summed E-state index contributed by atoms with van der Waals surface area (Å²) in [5, 5.41) is 3.46. The molecule has 0 aliphatic heterocycles. The Bertz CT molecular complexity index is 1660. The van der Waals surface area contributed by atoms with E-state index in [9.17, 15) is 18.0 Å². The number of amides is 2. The Balaban J connectivity index is 1.80. The topological polar surface area (TPSA) is 86.8 Å². The monoisotopic (exact) mass is 695 g/mol. The smallest absolute Gasteiger partial charge is 0.264 e. The summed E-state index contributed by atoms with van der Waals surface area (Å²) in [6.07, 6.45) is 0.234. The fourth-order valence-electron chi connectivity index (χ4n) is 4.65. The first-order valence-electron chi connectivity index (χ1n) is 14.1. The van der Waals surface area contributed by atoms with Crippen LogP contribution in [0.3, 0.4) is 0 Å². The number of nitrogens with zero attached hydrogens (tertiary/aromatic N) is 2. The van der Waals surface area contributed by atoms with Crippen molar-refractivity contribution in [3.8, 4) is 0 Å². The van der Waals surface area contributed by atoms with Gasteiger partial charge in [-0.25, -0.2) is 8.42 Å². The lowest BCUT2D eigenvalue weighted by molar-refractivity contribution is -0.140. The van der Waals surface area contributed by atoms with Crippen LogP contribution in [0.15, 0.2) is 119 Å². The molecule has 10 heteroatoms. The van der Waals surface area contributed by atoms with Crippen molar-refractivity contribution in [1.82, 2.24) is 10.2 Å². The molecule has 7 nitrogen and oxygen atoms in total. The second-order valence-electron chi connectivity index (χ2n) is 11.4. The molecule has 4 aromatic carbocycles. The number of carbonyl (C=O) groups excluding carboxylic acids is 2. The number of halogens is 2. The fourth-order valence-corrected chi connectivity index (χ4v) is 6.47. The van der Waals surface area contributed by atoms with E-state index in [2.05, 4.69) is 21.2 Å². The Morgan fingerprint density at radius 3 is 1.95 bits per heavy atom. The minimum absolute atomic E-state index is 0.0357. The summed E-state index contributed by atoms with van der Waals surface area (Å²) >= 11 is 9.57. The van der Waals surface area contributed by atoms with Gasteiger partial charge < -0.3 is 10.2 Å². The molecule has 0 aliphatic rings. The Morgan fingerprint density at radius 2 is 1.39 bits per heavy atom. The van der Waals surface area contributed by atoms with Crippen LogP contribution in [0.25, 0.3) is 0 Å². The first-order chi connectivity index (χ1) is 20.8. The van der Waals surface area contributed by atoms with Crippen molar-refractivity contribution in [2.45, 2.75) is 50.2 Å². The third-order valence-electron chi connectivity index (χ3n) is 6.76. The number of hydrogen-bond donors (Lipinski definition) is 1. The van der Waals surface area contributed by atoms with Crippen LogP contribution < -0.4 is 9.62 Å². The largest absolute Gasteiger partial charge is 0.350 e. The van der Waals surface area contributed by atoms with E-state index in [1.54, 1.807) is 42.5 Å². The second-order valence-corrected chi connectivity index (χ2v) is 14.6. The number of sulfonamides is 1. The van der Waals surface area contributed by atoms with Crippen LogP contribution >= 0.6 is 27.5 Å². The molecule has 1 atom stereocenters. The number of rotatable bonds is 11. The first-order valence-corrected chi connectivity index (χ1v) is 16.7. The van der Waals surface area contributed by atoms with E-state index in [1.165, 1.54) is 17.0 Å². The SMILES string of the molecule is CC(C)(C)NC(=O)[C@H](Cc1ccccc1)N(Cc1ccc(Br)cc1)C(=O)CN(c1ccc(Cl)cc1)S(=O)(=O)c1ccccc1. The van der Waals surface area contributed by atoms with Crippen LogP contribution in [0, 0.1) is 0 Å². The summed E-state index contributed by atoms with van der Waals surface area (Å²) in [6, 6.07) is 30.2. The van der Waals surface area contributed by atoms with Crippen molar-refractivity contribution in [1.29, 1.82) is 0 Å². The Morgan fingerprint density at radius 1 is 0.818 bits per heavy atom. The predicted molar refractivity (Wildman–Crippen MR) is 179 cm³/mol. The van der Waals surface area contributed by atoms with Gasteiger partial charge in [-0.05, 0) is 80.4 Å². The molecule has 0 radical (unpaired) electrons. The van der Waals surface area contributed by atoms with Crippen LogP contribution in [0.2, 0.25) is 5.02 Å². The maximum atomic E-state index is 14.4. The summed E-state index contributed by atoms with van der Waals surface area (Å²) in [4.78, 5) is 29.9. The summed E-state index contributed by atoms with van der Waals surface area (Å²) in [6.45, 7) is 5.17. The molecule has 0 unspecified atom stereocenters. The molecule has 0 spiro atoms. The highest BCUT2D eigenvalue weighted by molar-refractivity contribution is 9.10. The molecule has 0 bridgehead atoms. The van der Waals surface area contributed by atoms with Gasteiger partial charge >= 0.3 is 0 Å². The third-order valence-corrected chi connectivity index (χ3v) is 9.33. The number of benzene rings is 4. The van der Waals surface area contributed by atoms with Crippen LogP contribution in [0.5, 0.6) is 0 Å². The van der Waals surface area contributed by atoms with E-state index in [1.807, 2.05) is 75.4 Å². The van der Waals surface area contributed by atoms with Crippen molar-refractivity contribution in [3.63, 3.8) is 0 Å². The highest BCUT2D eigenvalue weighted by atomic mass is 79.9. The van der Waals surface area contributed by atoms with Gasteiger partial charge in [0.15, 0.2) is 0 Å². The summed E-state index contributed by atoms with van der Waals surface area (Å²) in [5.41, 5.74) is 1.35. The lowest BCUT2D eigenvalue weighted by atomic mass is 10.0. The van der Waals surface area contributed by atoms with E-state index in [4.69, 9.17) is 11.6 Å². The molecule has 1 N–H and O–H groups in total. The molecule has 230 valence electrons. The molecule has 4 rings (SSSR count). The van der Waals surface area contributed by atoms with Gasteiger partial charge in [-0.15, -0.1) is 0 Å². The molecule has 2 amide bonds. The van der Waals surface area contributed by atoms with E-state index in [0.717, 1.165) is 19.9 Å². The zero-order valence-electron chi connectivity index (χ0n) is 24.8. The quantitative estimate of drug-likeness (QED) is 0.186. The van der Waals surface area contributed by atoms with E-state index in [0.29, 0.717) is 5.02 Å². The van der Waals surface area contributed by atoms with E-state index < -0.39 is 34.1 Å². The minimum Gasteiger partial charge on any atom is -0.350 e. The molecule has 44 heavy (non-hydrogen) atoms. The van der Waals surface area contributed by atoms with Crippen molar-refractivity contribution in [2.24, 2.45) is 0 Å². The molecule has 0 heterocycles. The van der Waals surface area contributed by atoms with Gasteiger partial charge in [0.2, 0.25) is 11.8 Å². The highest BCUT2D eigenvalue weighted by Gasteiger charge is 2.35. The molecule has 0 saturated heterocycles. The van der Waals surface area contributed by atoms with Crippen LogP contribution in [-0.2, 0) is 32.6 Å². The summed E-state index contributed by atoms with van der Waals surface area (Å²) in [7, 11) is -4.17. The first kappa shape index (κ1) is 33.2. The molecular formula is C34H35BrClN3O4S. The Hall–Kier alpha value is -3.66. The summed E-state index contributed by atoms with van der Waals surface area (Å²) < 4.78 is 29.9. The van der Waals surface area contributed by atoms with Crippen molar-refractivity contribution < 1.29 is 18.0 Å². The van der Waals surface area contributed by atoms with Gasteiger partial charge in [0.05, 0.1) is 10.6 Å². The van der Waals surface area contributed by atoms with Crippen molar-refractivity contribution in [2.75, 3.05) is 10.8 Å². The lowest BCUT2D eigenvalue weighted by Gasteiger charge is -2.35. The van der Waals surface area contributed by atoms with Crippen molar-refractivity contribution >= 4 is 55.1 Å². The normalized spacial score (nSPS) is 12.3. The maximum absolute atomic E-state index is 14.4. The standard InChI is InChI=1S/C34H35BrClN3O4S/c1-34(2,3)37-33(41)31(22-25-10-6-4-7-11-25)38(23-26-14-16-27(35)17-15-26)32(40)24-39(29-20-18-28(36)19-21-29)44(42,43)30-12-8-5-9-13-30/h4-21,31H,22-24H2,1-3H3,(H,37,41)/t31-/m0/s1. The van der Waals surface area contributed by atoms with Crippen LogP contribution in [0.1, 0.15) is 31.9 Å². The zero-order valence-corrected chi connectivity index (χ0v) is 27.9. The van der Waals surface area contributed by atoms with Gasteiger partial charge in [-0.2, -0.15) is 0 Å². The molecule has 4 aromatic rings. The zero-order chi connectivity index (χ0) is 31.9. The van der Waals surface area contributed by atoms with E-state index in [-0.39, 0.29) is 29.5 Å². The molecular weight excluding hydrogens is 662 g/mol. The maximum Gasteiger partial charge on any atom is 0.264 e. The Labute approximate surface area is 273 Å². The third kappa shape index (κ3) is 8.94. The van der Waals surface area contributed by atoms with Gasteiger partial charge in [-0.3, -0.25) is 13.9 Å². The number of hydrogen-bond acceptors (Lipinski definition) is 4. The number of nitrogens with one attached hydrogen (secondary N) is 1. The summed E-state index contributed by atoms with van der Waals surface area (Å²) in [5.74, 6) is -0.872. The lowest BCUT2D eigenvalue weighted by Crippen LogP contribution is -2.56. The molecule has 0 fully saturated rings. The minimum atomic E-state index is -4.17. The van der Waals surface area contributed by atoms with Crippen molar-refractivity contribution in [3.05, 3.63) is 130 Å². The van der Waals surface area contributed by atoms with Crippen LogP contribution in [-0.4, -0.2) is 43.3 Å². The molecule has 0 saturated carbocycles. The average molecular weight is 697 g/mol. The van der Waals surface area contributed by atoms with E-state index >= 15 is 0 Å². The van der Waals surface area contributed by atoms with Gasteiger partial charge in [-0.1, -0.05) is 88.2 Å². The predicted octanol–water partition coefficient (Wildman–Crippen LogP) is 6.85. The second kappa shape index (κ2) is 14.4. The molecule has 0 aliphatic carbocycles. The van der Waals surface area contributed by atoms with Gasteiger partial charge in [0.1, 0.15) is 12.6 Å².